The molecule has 2 aromatic rings. The van der Waals surface area contributed by atoms with E-state index in [0.29, 0.717) is 25.9 Å². The lowest BCUT2D eigenvalue weighted by atomic mass is 10.1. The van der Waals surface area contributed by atoms with Crippen LogP contribution in [0.3, 0.4) is 0 Å². The number of rotatable bonds is 5. The molecule has 3 rings (SSSR count). The zero-order valence-corrected chi connectivity index (χ0v) is 16.9. The van der Waals surface area contributed by atoms with Crippen molar-refractivity contribution in [1.29, 1.82) is 0 Å². The smallest absolute Gasteiger partial charge is 0.243 e. The van der Waals surface area contributed by atoms with Crippen LogP contribution >= 0.6 is 11.3 Å². The minimum absolute atomic E-state index is 0.0222. The first kappa shape index (κ1) is 19.7. The lowest BCUT2D eigenvalue weighted by molar-refractivity contribution is -0.117. The third-order valence-electron chi connectivity index (χ3n) is 4.63. The molecule has 1 atom stereocenters. The molecule has 144 valence electrons. The molecule has 0 bridgehead atoms. The van der Waals surface area contributed by atoms with Crippen molar-refractivity contribution in [3.8, 4) is 11.3 Å². The van der Waals surface area contributed by atoms with Gasteiger partial charge in [-0.1, -0.05) is 18.7 Å². The minimum Gasteiger partial charge on any atom is -0.350 e. The number of hydrogen-bond donors (Lipinski definition) is 1. The van der Waals surface area contributed by atoms with Crippen LogP contribution in [0.4, 0.5) is 0 Å². The second kappa shape index (κ2) is 8.33. The van der Waals surface area contributed by atoms with Crippen LogP contribution < -0.4 is 5.32 Å². The Balaban J connectivity index is 1.72. The molecule has 0 saturated carbocycles. The van der Waals surface area contributed by atoms with Gasteiger partial charge in [0.15, 0.2) is 0 Å². The first-order valence-electron chi connectivity index (χ1n) is 8.86. The molecule has 1 aliphatic heterocycles. The van der Waals surface area contributed by atoms with E-state index in [1.807, 2.05) is 12.3 Å². The number of hydrogen-bond acceptors (Lipinski definition) is 5. The van der Waals surface area contributed by atoms with E-state index in [4.69, 9.17) is 0 Å². The zero-order chi connectivity index (χ0) is 19.4. The van der Waals surface area contributed by atoms with Gasteiger partial charge < -0.3 is 5.32 Å². The van der Waals surface area contributed by atoms with Gasteiger partial charge in [-0.15, -0.1) is 11.3 Å². The van der Waals surface area contributed by atoms with Crippen LogP contribution in [0.2, 0.25) is 0 Å². The molecule has 27 heavy (non-hydrogen) atoms. The SMILES string of the molecule is C=CC(=O)NC1CCCN(S(=O)(=O)c2ccc(-c3csc(C)n3)cc2)CC1. The molecule has 1 aliphatic rings. The summed E-state index contributed by atoms with van der Waals surface area (Å²) in [6.45, 7) is 6.23. The molecule has 0 aliphatic carbocycles. The van der Waals surface area contributed by atoms with E-state index in [1.54, 1.807) is 35.6 Å². The van der Waals surface area contributed by atoms with Crippen LogP contribution in [-0.2, 0) is 14.8 Å². The number of aromatic nitrogens is 1. The van der Waals surface area contributed by atoms with Crippen LogP contribution in [-0.4, -0.2) is 42.7 Å². The largest absolute Gasteiger partial charge is 0.350 e. The predicted octanol–water partition coefficient (Wildman–Crippen LogP) is 2.96. The van der Waals surface area contributed by atoms with Gasteiger partial charge in [-0.05, 0) is 44.4 Å². The Labute approximate surface area is 164 Å². The van der Waals surface area contributed by atoms with Crippen molar-refractivity contribution in [2.24, 2.45) is 0 Å². The van der Waals surface area contributed by atoms with Crippen molar-refractivity contribution >= 4 is 27.3 Å². The fourth-order valence-electron chi connectivity index (χ4n) is 3.16. The normalized spacial score (nSPS) is 18.6. The third-order valence-corrected chi connectivity index (χ3v) is 7.31. The highest BCUT2D eigenvalue weighted by Gasteiger charge is 2.28. The monoisotopic (exact) mass is 405 g/mol. The quantitative estimate of drug-likeness (QED) is 0.776. The molecule has 1 saturated heterocycles. The second-order valence-electron chi connectivity index (χ2n) is 6.52. The highest BCUT2D eigenvalue weighted by molar-refractivity contribution is 7.89. The van der Waals surface area contributed by atoms with Gasteiger partial charge in [-0.3, -0.25) is 4.79 Å². The number of carbonyl (C=O) groups is 1. The van der Waals surface area contributed by atoms with Crippen LogP contribution in [0, 0.1) is 6.92 Å². The number of nitrogens with zero attached hydrogens (tertiary/aromatic N) is 2. The highest BCUT2D eigenvalue weighted by Crippen LogP contribution is 2.25. The number of sulfonamides is 1. The molecular formula is C19H23N3O3S2. The van der Waals surface area contributed by atoms with Crippen LogP contribution in [0.1, 0.15) is 24.3 Å². The molecular weight excluding hydrogens is 382 g/mol. The Bertz CT molecular complexity index is 920. The maximum Gasteiger partial charge on any atom is 0.243 e. The maximum atomic E-state index is 13.0. The molecule has 0 radical (unpaired) electrons. The van der Waals surface area contributed by atoms with E-state index in [0.717, 1.165) is 22.7 Å². The van der Waals surface area contributed by atoms with E-state index in [1.165, 1.54) is 10.4 Å². The minimum atomic E-state index is -3.55. The summed E-state index contributed by atoms with van der Waals surface area (Å²) in [4.78, 5) is 16.2. The van der Waals surface area contributed by atoms with Gasteiger partial charge in [0.25, 0.3) is 0 Å². The maximum absolute atomic E-state index is 13.0. The van der Waals surface area contributed by atoms with Crippen molar-refractivity contribution in [3.05, 3.63) is 47.3 Å². The molecule has 6 nitrogen and oxygen atoms in total. The molecule has 8 heteroatoms. The van der Waals surface area contributed by atoms with Gasteiger partial charge in [-0.25, -0.2) is 13.4 Å². The average Bonchev–Trinajstić information content (AvgIpc) is 2.95. The summed E-state index contributed by atoms with van der Waals surface area (Å²) in [5, 5.41) is 5.80. The Kier molecular flexibility index (Phi) is 6.08. The zero-order valence-electron chi connectivity index (χ0n) is 15.2. The van der Waals surface area contributed by atoms with Crippen LogP contribution in [0.25, 0.3) is 11.3 Å². The van der Waals surface area contributed by atoms with E-state index in [9.17, 15) is 13.2 Å². The van der Waals surface area contributed by atoms with Gasteiger partial charge in [0.1, 0.15) is 0 Å². The molecule has 1 amide bonds. The number of nitrogens with one attached hydrogen (secondary N) is 1. The number of carbonyl (C=O) groups excluding carboxylic acids is 1. The van der Waals surface area contributed by atoms with Crippen molar-refractivity contribution in [1.82, 2.24) is 14.6 Å². The second-order valence-corrected chi connectivity index (χ2v) is 9.52. The fraction of sp³-hybridized carbons (Fsp3) is 0.368. The summed E-state index contributed by atoms with van der Waals surface area (Å²) in [6.07, 6.45) is 3.30. The molecule has 1 fully saturated rings. The van der Waals surface area contributed by atoms with E-state index in [2.05, 4.69) is 16.9 Å². The molecule has 1 unspecified atom stereocenters. The standard InChI is InChI=1S/C19H23N3O3S2/c1-3-19(23)21-16-5-4-11-22(12-10-16)27(24,25)17-8-6-15(7-9-17)18-13-26-14(2)20-18/h3,6-9,13,16H,1,4-5,10-12H2,2H3,(H,21,23). The van der Waals surface area contributed by atoms with E-state index in [-0.39, 0.29) is 16.8 Å². The number of benzene rings is 1. The Morgan fingerprint density at radius 1 is 1.30 bits per heavy atom. The highest BCUT2D eigenvalue weighted by atomic mass is 32.2. The van der Waals surface area contributed by atoms with Gasteiger partial charge >= 0.3 is 0 Å². The van der Waals surface area contributed by atoms with Crippen LogP contribution in [0.15, 0.2) is 47.2 Å². The van der Waals surface area contributed by atoms with E-state index >= 15 is 0 Å². The summed E-state index contributed by atoms with van der Waals surface area (Å²) in [5.74, 6) is -0.218. The summed E-state index contributed by atoms with van der Waals surface area (Å²) in [7, 11) is -3.55. The Hall–Kier alpha value is -2.03. The average molecular weight is 406 g/mol. The Morgan fingerprint density at radius 2 is 2.04 bits per heavy atom. The third kappa shape index (κ3) is 4.63. The first-order chi connectivity index (χ1) is 12.9. The lowest BCUT2D eigenvalue weighted by Gasteiger charge is -2.20. The molecule has 2 heterocycles. The number of amides is 1. The number of thiazole rings is 1. The lowest BCUT2D eigenvalue weighted by Crippen LogP contribution is -2.36. The summed E-state index contributed by atoms with van der Waals surface area (Å²) in [6, 6.07) is 6.85. The van der Waals surface area contributed by atoms with Crippen LogP contribution in [0.5, 0.6) is 0 Å². The molecule has 1 aromatic heterocycles. The first-order valence-corrected chi connectivity index (χ1v) is 11.2. The topological polar surface area (TPSA) is 79.4 Å². The summed E-state index contributed by atoms with van der Waals surface area (Å²) < 4.78 is 27.5. The Morgan fingerprint density at radius 3 is 2.67 bits per heavy atom. The van der Waals surface area contributed by atoms with Gasteiger partial charge in [0.2, 0.25) is 15.9 Å². The van der Waals surface area contributed by atoms with Gasteiger partial charge in [0, 0.05) is 30.1 Å². The number of aryl methyl sites for hydroxylation is 1. The van der Waals surface area contributed by atoms with Crippen molar-refractivity contribution in [3.63, 3.8) is 0 Å². The van der Waals surface area contributed by atoms with Crippen molar-refractivity contribution in [2.75, 3.05) is 13.1 Å². The fourth-order valence-corrected chi connectivity index (χ4v) is 5.27. The van der Waals surface area contributed by atoms with Gasteiger partial charge in [0.05, 0.1) is 15.6 Å². The predicted molar refractivity (Wildman–Crippen MR) is 107 cm³/mol. The summed E-state index contributed by atoms with van der Waals surface area (Å²) >= 11 is 1.57. The summed E-state index contributed by atoms with van der Waals surface area (Å²) in [5.41, 5.74) is 1.76. The van der Waals surface area contributed by atoms with Gasteiger partial charge in [-0.2, -0.15) is 4.31 Å². The van der Waals surface area contributed by atoms with Crippen molar-refractivity contribution in [2.45, 2.75) is 37.1 Å². The molecule has 1 N–H and O–H groups in total. The van der Waals surface area contributed by atoms with E-state index < -0.39 is 10.0 Å². The molecule has 0 spiro atoms. The van der Waals surface area contributed by atoms with Crippen molar-refractivity contribution < 1.29 is 13.2 Å². The molecule has 1 aromatic carbocycles.